The Labute approximate surface area is 224 Å². The van der Waals surface area contributed by atoms with Gasteiger partial charge < -0.3 is 23.7 Å². The van der Waals surface area contributed by atoms with Crippen LogP contribution in [0, 0.1) is 11.8 Å². The predicted octanol–water partition coefficient (Wildman–Crippen LogP) is 5.16. The van der Waals surface area contributed by atoms with Crippen molar-refractivity contribution < 1.29 is 23.5 Å². The molecule has 0 aliphatic carbocycles. The molecule has 1 aromatic heterocycles. The fraction of sp³-hybridized carbons (Fsp3) is 0.419. The molecular formula is C31H36N2O5. The molecule has 0 N–H and O–H groups in total. The minimum atomic E-state index is -0.143. The van der Waals surface area contributed by atoms with Crippen LogP contribution in [-0.4, -0.2) is 61.0 Å². The maximum Gasteiger partial charge on any atom is 0.289 e. The van der Waals surface area contributed by atoms with E-state index in [0.717, 1.165) is 12.0 Å². The first kappa shape index (κ1) is 26.0. The summed E-state index contributed by atoms with van der Waals surface area (Å²) >= 11 is 0. The molecule has 200 valence electrons. The number of hydrogen-bond donors (Lipinski definition) is 0. The second-order valence-electron chi connectivity index (χ2n) is 10.5. The lowest BCUT2D eigenvalue weighted by Gasteiger charge is -2.39. The van der Waals surface area contributed by atoms with Crippen LogP contribution in [-0.2, 0) is 9.53 Å². The van der Waals surface area contributed by atoms with Gasteiger partial charge in [0.05, 0.1) is 19.0 Å². The van der Waals surface area contributed by atoms with Gasteiger partial charge in [-0.2, -0.15) is 0 Å². The molecule has 0 saturated carbocycles. The molecule has 2 aliphatic rings. The summed E-state index contributed by atoms with van der Waals surface area (Å²) in [5, 5.41) is 0. The van der Waals surface area contributed by atoms with Gasteiger partial charge in [0.15, 0.2) is 12.4 Å². The van der Waals surface area contributed by atoms with Crippen LogP contribution in [0.1, 0.15) is 54.0 Å². The molecule has 2 fully saturated rings. The largest absolute Gasteiger partial charge is 0.484 e. The van der Waals surface area contributed by atoms with E-state index in [9.17, 15) is 9.59 Å². The Morgan fingerprint density at radius 3 is 2.26 bits per heavy atom. The number of hydrogen-bond acceptors (Lipinski definition) is 5. The van der Waals surface area contributed by atoms with Gasteiger partial charge in [0.1, 0.15) is 5.75 Å². The normalized spacial score (nSPS) is 21.9. The van der Waals surface area contributed by atoms with E-state index in [1.165, 1.54) is 11.8 Å². The Kier molecular flexibility index (Phi) is 8.13. The molecule has 3 atom stereocenters. The SMILES string of the molecule is CC(C)[C@@H]1C[C@H](c2ccccc2)CO[C@H]1c1ccc(OCC(=O)N2CCN(C(=O)c3ccco3)CC2)cc1. The third kappa shape index (κ3) is 5.94. The number of carbonyl (C=O) groups is 2. The van der Waals surface area contributed by atoms with Gasteiger partial charge in [-0.05, 0) is 53.6 Å². The van der Waals surface area contributed by atoms with Gasteiger partial charge in [0, 0.05) is 32.1 Å². The molecule has 7 nitrogen and oxygen atoms in total. The molecule has 5 rings (SSSR count). The summed E-state index contributed by atoms with van der Waals surface area (Å²) in [6.45, 7) is 7.13. The first-order valence-corrected chi connectivity index (χ1v) is 13.5. The average Bonchev–Trinajstić information content (AvgIpc) is 3.51. The minimum Gasteiger partial charge on any atom is -0.484 e. The molecule has 0 spiro atoms. The predicted molar refractivity (Wildman–Crippen MR) is 144 cm³/mol. The Hall–Kier alpha value is -3.58. The molecule has 0 radical (unpaired) electrons. The molecule has 2 saturated heterocycles. The van der Waals surface area contributed by atoms with E-state index in [0.29, 0.717) is 62.0 Å². The molecule has 2 aliphatic heterocycles. The maximum absolute atomic E-state index is 12.7. The second-order valence-corrected chi connectivity index (χ2v) is 10.5. The average molecular weight is 517 g/mol. The zero-order valence-corrected chi connectivity index (χ0v) is 22.1. The van der Waals surface area contributed by atoms with Crippen LogP contribution < -0.4 is 4.74 Å². The van der Waals surface area contributed by atoms with E-state index in [2.05, 4.69) is 56.3 Å². The first-order valence-electron chi connectivity index (χ1n) is 13.5. The Morgan fingerprint density at radius 1 is 0.895 bits per heavy atom. The molecule has 2 aromatic carbocycles. The first-order chi connectivity index (χ1) is 18.5. The van der Waals surface area contributed by atoms with Crippen LogP contribution in [0.5, 0.6) is 5.75 Å². The van der Waals surface area contributed by atoms with Crippen molar-refractivity contribution in [1.82, 2.24) is 9.80 Å². The molecule has 0 bridgehead atoms. The quantitative estimate of drug-likeness (QED) is 0.434. The summed E-state index contributed by atoms with van der Waals surface area (Å²) in [5.74, 6) is 2.09. The van der Waals surface area contributed by atoms with E-state index < -0.39 is 0 Å². The highest BCUT2D eigenvalue weighted by Gasteiger charge is 2.35. The fourth-order valence-corrected chi connectivity index (χ4v) is 5.49. The van der Waals surface area contributed by atoms with Crippen LogP contribution >= 0.6 is 0 Å². The number of carbonyl (C=O) groups excluding carboxylic acids is 2. The van der Waals surface area contributed by atoms with Gasteiger partial charge in [-0.15, -0.1) is 0 Å². The Bertz CT molecular complexity index is 1180. The van der Waals surface area contributed by atoms with E-state index >= 15 is 0 Å². The minimum absolute atomic E-state index is 0.0290. The number of piperazine rings is 1. The molecule has 3 aromatic rings. The van der Waals surface area contributed by atoms with Gasteiger partial charge in [-0.1, -0.05) is 56.3 Å². The van der Waals surface area contributed by atoms with Crippen LogP contribution in [0.2, 0.25) is 0 Å². The summed E-state index contributed by atoms with van der Waals surface area (Å²) in [6, 6.07) is 21.9. The second kappa shape index (κ2) is 11.9. The lowest BCUT2D eigenvalue weighted by atomic mass is 9.76. The van der Waals surface area contributed by atoms with E-state index in [1.807, 2.05) is 12.1 Å². The number of benzene rings is 2. The number of ether oxygens (including phenoxy) is 2. The number of amides is 2. The molecule has 38 heavy (non-hydrogen) atoms. The highest BCUT2D eigenvalue weighted by Crippen LogP contribution is 2.43. The van der Waals surface area contributed by atoms with Crippen LogP contribution in [0.3, 0.4) is 0 Å². The van der Waals surface area contributed by atoms with Gasteiger partial charge in [-0.3, -0.25) is 9.59 Å². The van der Waals surface area contributed by atoms with Gasteiger partial charge in [0.25, 0.3) is 11.8 Å². The summed E-state index contributed by atoms with van der Waals surface area (Å²) in [7, 11) is 0. The third-order valence-electron chi connectivity index (χ3n) is 7.77. The number of furan rings is 1. The Morgan fingerprint density at radius 2 is 1.61 bits per heavy atom. The summed E-state index contributed by atoms with van der Waals surface area (Å²) in [4.78, 5) is 28.6. The van der Waals surface area contributed by atoms with Crippen molar-refractivity contribution in [3.63, 3.8) is 0 Å². The maximum atomic E-state index is 12.7. The Balaban J connectivity index is 1.12. The van der Waals surface area contributed by atoms with Gasteiger partial charge in [-0.25, -0.2) is 0 Å². The molecular weight excluding hydrogens is 480 g/mol. The van der Waals surface area contributed by atoms with Crippen molar-refractivity contribution in [3.05, 3.63) is 89.9 Å². The van der Waals surface area contributed by atoms with E-state index in [1.54, 1.807) is 21.9 Å². The lowest BCUT2D eigenvalue weighted by Crippen LogP contribution is -2.51. The molecule has 0 unspecified atom stereocenters. The summed E-state index contributed by atoms with van der Waals surface area (Å²) in [5.41, 5.74) is 2.49. The zero-order valence-electron chi connectivity index (χ0n) is 22.1. The topological polar surface area (TPSA) is 72.2 Å². The van der Waals surface area contributed by atoms with Crippen molar-refractivity contribution in [2.24, 2.45) is 11.8 Å². The van der Waals surface area contributed by atoms with Gasteiger partial charge in [0.2, 0.25) is 0 Å². The lowest BCUT2D eigenvalue weighted by molar-refractivity contribution is -0.134. The molecule has 7 heteroatoms. The van der Waals surface area contributed by atoms with Crippen LogP contribution in [0.4, 0.5) is 0 Å². The highest BCUT2D eigenvalue weighted by atomic mass is 16.5. The smallest absolute Gasteiger partial charge is 0.289 e. The standard InChI is InChI=1S/C31H36N2O5/c1-22(2)27-19-25(23-7-4-3-5-8-23)20-38-30(27)24-10-12-26(13-11-24)37-21-29(34)32-14-16-33(17-15-32)31(35)28-9-6-18-36-28/h3-13,18,22,25,27,30H,14-17,19-21H2,1-2H3/t25-,27-,30-/m0/s1. The fourth-order valence-electron chi connectivity index (χ4n) is 5.49. The zero-order chi connectivity index (χ0) is 26.5. The van der Waals surface area contributed by atoms with Gasteiger partial charge >= 0.3 is 0 Å². The van der Waals surface area contributed by atoms with Crippen molar-refractivity contribution in [1.29, 1.82) is 0 Å². The summed E-state index contributed by atoms with van der Waals surface area (Å²) in [6.07, 6.45) is 2.63. The molecule has 2 amide bonds. The van der Waals surface area contributed by atoms with Crippen LogP contribution in [0.15, 0.2) is 77.4 Å². The third-order valence-corrected chi connectivity index (χ3v) is 7.77. The highest BCUT2D eigenvalue weighted by molar-refractivity contribution is 5.91. The van der Waals surface area contributed by atoms with Crippen molar-refractivity contribution >= 4 is 11.8 Å². The van der Waals surface area contributed by atoms with Crippen molar-refractivity contribution in [2.75, 3.05) is 39.4 Å². The van der Waals surface area contributed by atoms with Crippen molar-refractivity contribution in [3.8, 4) is 5.75 Å². The van der Waals surface area contributed by atoms with E-state index in [-0.39, 0.29) is 24.5 Å². The van der Waals surface area contributed by atoms with Crippen molar-refractivity contribution in [2.45, 2.75) is 32.3 Å². The van der Waals surface area contributed by atoms with Crippen LogP contribution in [0.25, 0.3) is 0 Å². The summed E-state index contributed by atoms with van der Waals surface area (Å²) < 4.78 is 17.5. The monoisotopic (exact) mass is 516 g/mol. The van der Waals surface area contributed by atoms with E-state index in [4.69, 9.17) is 13.9 Å². The number of rotatable bonds is 7. The molecule has 3 heterocycles. The number of nitrogens with zero attached hydrogens (tertiary/aromatic N) is 2.